The number of carboxylic acids is 1. The van der Waals surface area contributed by atoms with Crippen LogP contribution < -0.4 is 5.32 Å². The van der Waals surface area contributed by atoms with E-state index in [1.807, 2.05) is 0 Å². The summed E-state index contributed by atoms with van der Waals surface area (Å²) in [6.07, 6.45) is 0. The van der Waals surface area contributed by atoms with Crippen LogP contribution in [0.5, 0.6) is 0 Å². The van der Waals surface area contributed by atoms with Gasteiger partial charge in [0.1, 0.15) is 17.1 Å². The Morgan fingerprint density at radius 3 is 2.87 bits per heavy atom. The van der Waals surface area contributed by atoms with Crippen molar-refractivity contribution >= 4 is 5.97 Å². The number of furan rings is 1. The van der Waals surface area contributed by atoms with E-state index in [9.17, 15) is 4.79 Å². The van der Waals surface area contributed by atoms with Gasteiger partial charge in [-0.25, -0.2) is 4.79 Å². The molecule has 1 aliphatic rings. The van der Waals surface area contributed by atoms with E-state index in [0.29, 0.717) is 37.3 Å². The van der Waals surface area contributed by atoms with Crippen molar-refractivity contribution in [2.24, 2.45) is 0 Å². The average Bonchev–Trinajstić information content (AvgIpc) is 2.44. The van der Waals surface area contributed by atoms with Crippen LogP contribution in [0.15, 0.2) is 10.5 Å². The van der Waals surface area contributed by atoms with Crippen molar-refractivity contribution in [3.63, 3.8) is 0 Å². The van der Waals surface area contributed by atoms with Gasteiger partial charge in [0, 0.05) is 0 Å². The molecule has 1 saturated heterocycles. The number of aromatic carboxylic acids is 1. The minimum absolute atomic E-state index is 0.233. The van der Waals surface area contributed by atoms with Crippen LogP contribution >= 0.6 is 0 Å². The van der Waals surface area contributed by atoms with E-state index < -0.39 is 5.97 Å². The number of nitrogens with one attached hydrogen (secondary N) is 1. The molecule has 5 heteroatoms. The highest BCUT2D eigenvalue weighted by Crippen LogP contribution is 2.14. The Morgan fingerprint density at radius 1 is 1.67 bits per heavy atom. The highest BCUT2D eigenvalue weighted by Gasteiger charge is 2.19. The van der Waals surface area contributed by atoms with Gasteiger partial charge in [0.05, 0.1) is 25.8 Å². The van der Waals surface area contributed by atoms with E-state index in [-0.39, 0.29) is 5.56 Å². The zero-order chi connectivity index (χ0) is 10.8. The Hall–Kier alpha value is -1.33. The Labute approximate surface area is 87.0 Å². The van der Waals surface area contributed by atoms with E-state index in [1.165, 1.54) is 0 Å². The van der Waals surface area contributed by atoms with Crippen molar-refractivity contribution in [2.45, 2.75) is 19.5 Å². The van der Waals surface area contributed by atoms with Crippen molar-refractivity contribution in [1.29, 1.82) is 0 Å². The van der Waals surface area contributed by atoms with Crippen LogP contribution in [-0.2, 0) is 11.3 Å². The van der Waals surface area contributed by atoms with Crippen LogP contribution in [-0.4, -0.2) is 30.3 Å². The van der Waals surface area contributed by atoms with Crippen LogP contribution in [0.25, 0.3) is 0 Å². The number of aryl methyl sites for hydroxylation is 1. The van der Waals surface area contributed by atoms with E-state index >= 15 is 0 Å². The summed E-state index contributed by atoms with van der Waals surface area (Å²) >= 11 is 0. The normalized spacial score (nSPS) is 16.3. The lowest BCUT2D eigenvalue weighted by atomic mass is 10.2. The van der Waals surface area contributed by atoms with Crippen LogP contribution in [0.4, 0.5) is 0 Å². The molecule has 82 valence electrons. The minimum Gasteiger partial charge on any atom is -0.478 e. The summed E-state index contributed by atoms with van der Waals surface area (Å²) in [6.45, 7) is 3.62. The van der Waals surface area contributed by atoms with Gasteiger partial charge in [-0.05, 0) is 13.0 Å². The third kappa shape index (κ3) is 2.19. The first-order valence-electron chi connectivity index (χ1n) is 4.80. The first-order valence-corrected chi connectivity index (χ1v) is 4.80. The topological polar surface area (TPSA) is 71.7 Å². The predicted octanol–water partition coefficient (Wildman–Crippen LogP) is 0.775. The smallest absolute Gasteiger partial charge is 0.339 e. The second-order valence-corrected chi connectivity index (χ2v) is 3.60. The second kappa shape index (κ2) is 4.04. The molecule has 2 heterocycles. The van der Waals surface area contributed by atoms with Crippen LogP contribution in [0.1, 0.15) is 21.9 Å². The summed E-state index contributed by atoms with van der Waals surface area (Å²) in [7, 11) is 0. The van der Waals surface area contributed by atoms with Crippen molar-refractivity contribution in [3.05, 3.63) is 23.2 Å². The fourth-order valence-corrected chi connectivity index (χ4v) is 1.44. The number of rotatable bonds is 4. The molecular weight excluding hydrogens is 198 g/mol. The van der Waals surface area contributed by atoms with Gasteiger partial charge in [-0.15, -0.1) is 0 Å². The summed E-state index contributed by atoms with van der Waals surface area (Å²) in [5, 5.41) is 12.0. The molecule has 0 spiro atoms. The van der Waals surface area contributed by atoms with E-state index in [2.05, 4.69) is 5.32 Å². The molecule has 0 aliphatic carbocycles. The molecule has 1 aromatic rings. The standard InChI is InChI=1S/C10H13NO4/c1-6-9(10(12)13)2-8(15-6)3-11-7-4-14-5-7/h2,7,11H,3-5H2,1H3,(H,12,13). The molecule has 0 aromatic carbocycles. The molecule has 5 nitrogen and oxygen atoms in total. The molecule has 2 rings (SSSR count). The fraction of sp³-hybridized carbons (Fsp3) is 0.500. The largest absolute Gasteiger partial charge is 0.478 e. The van der Waals surface area contributed by atoms with Gasteiger partial charge < -0.3 is 19.6 Å². The minimum atomic E-state index is -0.950. The third-order valence-corrected chi connectivity index (χ3v) is 2.40. The van der Waals surface area contributed by atoms with Crippen LogP contribution in [0.3, 0.4) is 0 Å². The molecule has 0 unspecified atom stereocenters. The van der Waals surface area contributed by atoms with Crippen molar-refractivity contribution in [1.82, 2.24) is 5.32 Å². The Balaban J connectivity index is 1.96. The molecule has 15 heavy (non-hydrogen) atoms. The summed E-state index contributed by atoms with van der Waals surface area (Å²) in [4.78, 5) is 10.7. The highest BCUT2D eigenvalue weighted by molar-refractivity contribution is 5.88. The van der Waals surface area contributed by atoms with Crippen molar-refractivity contribution in [3.8, 4) is 0 Å². The molecule has 1 aromatic heterocycles. The van der Waals surface area contributed by atoms with Gasteiger partial charge in [-0.3, -0.25) is 0 Å². The number of carbonyl (C=O) groups is 1. The van der Waals surface area contributed by atoms with Crippen molar-refractivity contribution < 1.29 is 19.1 Å². The Morgan fingerprint density at radius 2 is 2.40 bits per heavy atom. The monoisotopic (exact) mass is 211 g/mol. The molecule has 0 radical (unpaired) electrons. The Bertz CT molecular complexity index is 367. The maximum Gasteiger partial charge on any atom is 0.339 e. The summed E-state index contributed by atoms with van der Waals surface area (Å²) in [6, 6.07) is 1.92. The second-order valence-electron chi connectivity index (χ2n) is 3.60. The van der Waals surface area contributed by atoms with Gasteiger partial charge in [0.15, 0.2) is 0 Å². The molecule has 0 saturated carbocycles. The van der Waals surface area contributed by atoms with Crippen molar-refractivity contribution in [2.75, 3.05) is 13.2 Å². The maximum atomic E-state index is 10.7. The predicted molar refractivity (Wildman–Crippen MR) is 51.9 cm³/mol. The highest BCUT2D eigenvalue weighted by atomic mass is 16.5. The number of hydrogen-bond donors (Lipinski definition) is 2. The summed E-state index contributed by atoms with van der Waals surface area (Å²) in [5.74, 6) is 0.149. The number of ether oxygens (including phenoxy) is 1. The fourth-order valence-electron chi connectivity index (χ4n) is 1.44. The van der Waals surface area contributed by atoms with Gasteiger partial charge in [0.2, 0.25) is 0 Å². The third-order valence-electron chi connectivity index (χ3n) is 2.40. The lowest BCUT2D eigenvalue weighted by molar-refractivity contribution is -0.00643. The number of hydrogen-bond acceptors (Lipinski definition) is 4. The lowest BCUT2D eigenvalue weighted by Gasteiger charge is -2.26. The van der Waals surface area contributed by atoms with Gasteiger partial charge in [-0.2, -0.15) is 0 Å². The lowest BCUT2D eigenvalue weighted by Crippen LogP contribution is -2.45. The first kappa shape index (κ1) is 10.2. The Kier molecular flexibility index (Phi) is 2.75. The van der Waals surface area contributed by atoms with Gasteiger partial charge >= 0.3 is 5.97 Å². The zero-order valence-electron chi connectivity index (χ0n) is 8.45. The van der Waals surface area contributed by atoms with Crippen LogP contribution in [0, 0.1) is 6.92 Å². The molecule has 1 fully saturated rings. The van der Waals surface area contributed by atoms with E-state index in [4.69, 9.17) is 14.3 Å². The average molecular weight is 211 g/mol. The van der Waals surface area contributed by atoms with E-state index in [1.54, 1.807) is 13.0 Å². The van der Waals surface area contributed by atoms with Gasteiger partial charge in [0.25, 0.3) is 0 Å². The van der Waals surface area contributed by atoms with E-state index in [0.717, 1.165) is 0 Å². The molecule has 2 N–H and O–H groups in total. The number of carboxylic acid groups (broad SMARTS) is 1. The quantitative estimate of drug-likeness (QED) is 0.769. The summed E-state index contributed by atoms with van der Waals surface area (Å²) in [5.41, 5.74) is 0.233. The van der Waals surface area contributed by atoms with Gasteiger partial charge in [-0.1, -0.05) is 0 Å². The molecule has 0 amide bonds. The van der Waals surface area contributed by atoms with Crippen LogP contribution in [0.2, 0.25) is 0 Å². The molecule has 0 bridgehead atoms. The molecular formula is C10H13NO4. The maximum absolute atomic E-state index is 10.7. The first-order chi connectivity index (χ1) is 7.16. The molecule has 0 atom stereocenters. The zero-order valence-corrected chi connectivity index (χ0v) is 8.45. The molecule has 1 aliphatic heterocycles. The SMILES string of the molecule is Cc1oc(CNC2COC2)cc1C(=O)O. The summed E-state index contributed by atoms with van der Waals surface area (Å²) < 4.78 is 10.3.